The van der Waals surface area contributed by atoms with Crippen LogP contribution in [0.1, 0.15) is 11.3 Å². The monoisotopic (exact) mass is 244 g/mol. The molecule has 2 aromatic heterocycles. The molecule has 0 amide bonds. The number of alkyl halides is 3. The third-order valence-electron chi connectivity index (χ3n) is 1.98. The van der Waals surface area contributed by atoms with Crippen LogP contribution in [0.25, 0.3) is 5.82 Å². The van der Waals surface area contributed by atoms with Crippen LogP contribution in [0, 0.1) is 0 Å². The second-order valence-electron chi connectivity index (χ2n) is 3.20. The Balaban J connectivity index is 2.37. The highest BCUT2D eigenvalue weighted by molar-refractivity contribution is 5.21. The predicted molar refractivity (Wildman–Crippen MR) is 50.1 cm³/mol. The SMILES string of the molecule is OCc1cncc(-n2cc(C(F)(F)F)cn2)n1. The van der Waals surface area contributed by atoms with Crippen LogP contribution in [0.15, 0.2) is 24.8 Å². The van der Waals surface area contributed by atoms with E-state index in [0.29, 0.717) is 6.20 Å². The number of aromatic nitrogens is 4. The molecule has 17 heavy (non-hydrogen) atoms. The van der Waals surface area contributed by atoms with Crippen LogP contribution in [-0.4, -0.2) is 24.9 Å². The molecule has 5 nitrogen and oxygen atoms in total. The number of rotatable bonds is 2. The largest absolute Gasteiger partial charge is 0.419 e. The number of halogens is 3. The van der Waals surface area contributed by atoms with Gasteiger partial charge in [-0.1, -0.05) is 0 Å². The van der Waals surface area contributed by atoms with E-state index >= 15 is 0 Å². The van der Waals surface area contributed by atoms with E-state index in [9.17, 15) is 13.2 Å². The molecule has 2 heterocycles. The van der Waals surface area contributed by atoms with Gasteiger partial charge in [0.1, 0.15) is 0 Å². The van der Waals surface area contributed by atoms with Crippen LogP contribution in [0.2, 0.25) is 0 Å². The predicted octanol–water partition coefficient (Wildman–Crippen LogP) is 1.17. The first-order valence-electron chi connectivity index (χ1n) is 4.55. The lowest BCUT2D eigenvalue weighted by Crippen LogP contribution is -2.04. The fraction of sp³-hybridized carbons (Fsp3) is 0.222. The van der Waals surface area contributed by atoms with E-state index in [-0.39, 0.29) is 18.1 Å². The number of aliphatic hydroxyl groups excluding tert-OH is 1. The van der Waals surface area contributed by atoms with E-state index in [1.807, 2.05) is 0 Å². The van der Waals surface area contributed by atoms with E-state index in [2.05, 4.69) is 15.1 Å². The Hall–Kier alpha value is -1.96. The third kappa shape index (κ3) is 2.41. The lowest BCUT2D eigenvalue weighted by atomic mass is 10.4. The van der Waals surface area contributed by atoms with E-state index in [4.69, 9.17) is 5.11 Å². The molecule has 0 aliphatic carbocycles. The van der Waals surface area contributed by atoms with Gasteiger partial charge in [0.2, 0.25) is 0 Å². The zero-order valence-corrected chi connectivity index (χ0v) is 8.39. The smallest absolute Gasteiger partial charge is 0.390 e. The molecular formula is C9H7F3N4O. The van der Waals surface area contributed by atoms with Crippen molar-refractivity contribution in [3.63, 3.8) is 0 Å². The van der Waals surface area contributed by atoms with Crippen molar-refractivity contribution >= 4 is 0 Å². The molecule has 2 rings (SSSR count). The standard InChI is InChI=1S/C9H7F3N4O/c10-9(11,12)6-1-14-16(4-6)8-3-13-2-7(5-17)15-8/h1-4,17H,5H2. The molecule has 0 radical (unpaired) electrons. The lowest BCUT2D eigenvalue weighted by molar-refractivity contribution is -0.137. The van der Waals surface area contributed by atoms with E-state index in [0.717, 1.165) is 10.9 Å². The molecule has 0 aliphatic heterocycles. The molecule has 0 saturated heterocycles. The van der Waals surface area contributed by atoms with Gasteiger partial charge in [0, 0.05) is 6.20 Å². The van der Waals surface area contributed by atoms with Crippen molar-refractivity contribution < 1.29 is 18.3 Å². The summed E-state index contributed by atoms with van der Waals surface area (Å²) < 4.78 is 38.0. The Morgan fingerprint density at radius 1 is 1.24 bits per heavy atom. The van der Waals surface area contributed by atoms with Crippen molar-refractivity contribution in [3.8, 4) is 5.82 Å². The number of aliphatic hydroxyl groups is 1. The molecule has 90 valence electrons. The summed E-state index contributed by atoms with van der Waals surface area (Å²) in [6, 6.07) is 0. The van der Waals surface area contributed by atoms with Gasteiger partial charge in [-0.05, 0) is 0 Å². The molecule has 0 fully saturated rings. The fourth-order valence-corrected chi connectivity index (χ4v) is 1.18. The maximum Gasteiger partial charge on any atom is 0.419 e. The summed E-state index contributed by atoms with van der Waals surface area (Å²) in [6.07, 6.45) is -0.358. The average Bonchev–Trinajstić information content (AvgIpc) is 2.78. The third-order valence-corrected chi connectivity index (χ3v) is 1.98. The highest BCUT2D eigenvalue weighted by atomic mass is 19.4. The first-order chi connectivity index (χ1) is 8.00. The number of hydrogen-bond acceptors (Lipinski definition) is 4. The van der Waals surface area contributed by atoms with Gasteiger partial charge in [-0.25, -0.2) is 9.67 Å². The van der Waals surface area contributed by atoms with Gasteiger partial charge >= 0.3 is 6.18 Å². The van der Waals surface area contributed by atoms with Crippen LogP contribution in [-0.2, 0) is 12.8 Å². The quantitative estimate of drug-likeness (QED) is 0.861. The van der Waals surface area contributed by atoms with E-state index < -0.39 is 11.7 Å². The van der Waals surface area contributed by atoms with Crippen LogP contribution < -0.4 is 0 Å². The molecule has 0 saturated carbocycles. The summed E-state index contributed by atoms with van der Waals surface area (Å²) in [6.45, 7) is -0.339. The highest BCUT2D eigenvalue weighted by Gasteiger charge is 2.32. The molecular weight excluding hydrogens is 237 g/mol. The van der Waals surface area contributed by atoms with Crippen LogP contribution in [0.3, 0.4) is 0 Å². The van der Waals surface area contributed by atoms with Crippen molar-refractivity contribution in [2.24, 2.45) is 0 Å². The second-order valence-corrected chi connectivity index (χ2v) is 3.20. The molecule has 0 aliphatic rings. The van der Waals surface area contributed by atoms with Crippen molar-refractivity contribution in [2.75, 3.05) is 0 Å². The van der Waals surface area contributed by atoms with Crippen LogP contribution >= 0.6 is 0 Å². The Morgan fingerprint density at radius 2 is 2.00 bits per heavy atom. The van der Waals surface area contributed by atoms with E-state index in [1.54, 1.807) is 0 Å². The summed E-state index contributed by atoms with van der Waals surface area (Å²) in [4.78, 5) is 7.62. The van der Waals surface area contributed by atoms with Crippen molar-refractivity contribution in [1.29, 1.82) is 0 Å². The molecule has 8 heteroatoms. The summed E-state index contributed by atoms with van der Waals surface area (Å²) in [5.41, 5.74) is -0.611. The van der Waals surface area contributed by atoms with Gasteiger partial charge in [-0.15, -0.1) is 0 Å². The topological polar surface area (TPSA) is 63.8 Å². The van der Waals surface area contributed by atoms with Crippen LogP contribution in [0.5, 0.6) is 0 Å². The van der Waals surface area contributed by atoms with Crippen molar-refractivity contribution in [1.82, 2.24) is 19.7 Å². The van der Waals surface area contributed by atoms with Gasteiger partial charge in [0.15, 0.2) is 5.82 Å². The van der Waals surface area contributed by atoms with Gasteiger partial charge in [-0.2, -0.15) is 18.3 Å². The van der Waals surface area contributed by atoms with Gasteiger partial charge in [0.25, 0.3) is 0 Å². The van der Waals surface area contributed by atoms with E-state index in [1.165, 1.54) is 12.4 Å². The fourth-order valence-electron chi connectivity index (χ4n) is 1.18. The molecule has 0 aromatic carbocycles. The van der Waals surface area contributed by atoms with Gasteiger partial charge in [0.05, 0.1) is 36.5 Å². The molecule has 0 unspecified atom stereocenters. The molecule has 0 bridgehead atoms. The Bertz CT molecular complexity index is 523. The van der Waals surface area contributed by atoms with Gasteiger partial charge in [-0.3, -0.25) is 4.98 Å². The zero-order valence-electron chi connectivity index (χ0n) is 8.39. The second kappa shape index (κ2) is 4.13. The van der Waals surface area contributed by atoms with Crippen molar-refractivity contribution in [3.05, 3.63) is 36.0 Å². The molecule has 0 atom stereocenters. The number of nitrogens with zero attached hydrogens (tertiary/aromatic N) is 4. The summed E-state index contributed by atoms with van der Waals surface area (Å²) >= 11 is 0. The normalized spacial score (nSPS) is 11.8. The molecule has 2 aromatic rings. The Labute approximate surface area is 93.6 Å². The van der Waals surface area contributed by atoms with Crippen LogP contribution in [0.4, 0.5) is 13.2 Å². The van der Waals surface area contributed by atoms with Gasteiger partial charge < -0.3 is 5.11 Å². The Morgan fingerprint density at radius 3 is 2.59 bits per heavy atom. The maximum absolute atomic E-state index is 12.3. The summed E-state index contributed by atoms with van der Waals surface area (Å²) in [5.74, 6) is 0.118. The number of hydrogen-bond donors (Lipinski definition) is 1. The first-order valence-corrected chi connectivity index (χ1v) is 4.55. The minimum atomic E-state index is -4.44. The van der Waals surface area contributed by atoms with Crippen molar-refractivity contribution in [2.45, 2.75) is 12.8 Å². The summed E-state index contributed by atoms with van der Waals surface area (Å²) in [7, 11) is 0. The lowest BCUT2D eigenvalue weighted by Gasteiger charge is -2.02. The first kappa shape index (κ1) is 11.5. The highest BCUT2D eigenvalue weighted by Crippen LogP contribution is 2.28. The average molecular weight is 244 g/mol. The Kier molecular flexibility index (Phi) is 2.80. The zero-order chi connectivity index (χ0) is 12.5. The minimum absolute atomic E-state index is 0.118. The molecule has 1 N–H and O–H groups in total. The molecule has 0 spiro atoms. The minimum Gasteiger partial charge on any atom is -0.390 e. The maximum atomic E-state index is 12.3. The summed E-state index contributed by atoms with van der Waals surface area (Å²) in [5, 5.41) is 12.4.